The van der Waals surface area contributed by atoms with Crippen LogP contribution >= 0.6 is 11.3 Å². The van der Waals surface area contributed by atoms with Gasteiger partial charge in [0.25, 0.3) is 0 Å². The van der Waals surface area contributed by atoms with Crippen LogP contribution in [-0.2, 0) is 6.54 Å². The van der Waals surface area contributed by atoms with E-state index in [1.54, 1.807) is 11.3 Å². The smallest absolute Gasteiger partial charge is 0.146 e. The van der Waals surface area contributed by atoms with E-state index in [1.165, 1.54) is 0 Å². The number of thiophene rings is 1. The number of piperidine rings is 1. The van der Waals surface area contributed by atoms with E-state index in [4.69, 9.17) is 0 Å². The summed E-state index contributed by atoms with van der Waals surface area (Å²) in [6.45, 7) is 4.70. The Morgan fingerprint density at radius 3 is 2.86 bits per heavy atom. The number of likely N-dealkylation sites (tertiary alicyclic amines) is 1. The molecule has 0 amide bonds. The van der Waals surface area contributed by atoms with Crippen molar-refractivity contribution in [2.75, 3.05) is 25.5 Å². The molecule has 1 unspecified atom stereocenters. The van der Waals surface area contributed by atoms with Crippen LogP contribution < -0.4 is 5.32 Å². The van der Waals surface area contributed by atoms with Gasteiger partial charge in [0.1, 0.15) is 16.5 Å². The third kappa shape index (κ3) is 3.17. The van der Waals surface area contributed by atoms with Crippen LogP contribution in [0.4, 0.5) is 5.82 Å². The van der Waals surface area contributed by atoms with Gasteiger partial charge in [-0.15, -0.1) is 11.3 Å². The zero-order valence-corrected chi connectivity index (χ0v) is 13.4. The van der Waals surface area contributed by atoms with Gasteiger partial charge in [0.05, 0.1) is 18.0 Å². The maximum atomic E-state index is 9.67. The second-order valence-electron chi connectivity index (χ2n) is 5.73. The maximum Gasteiger partial charge on any atom is 0.146 e. The number of hydrogen-bond acceptors (Lipinski definition) is 6. The molecule has 3 rings (SSSR count). The molecule has 0 saturated carbocycles. The predicted octanol–water partition coefficient (Wildman–Crippen LogP) is 2.33. The third-order valence-electron chi connectivity index (χ3n) is 4.29. The highest BCUT2D eigenvalue weighted by Crippen LogP contribution is 2.26. The number of hydrogen-bond donors (Lipinski definition) is 2. The summed E-state index contributed by atoms with van der Waals surface area (Å²) in [6.07, 6.45) is 1.91. The van der Waals surface area contributed by atoms with Crippen molar-refractivity contribution in [3.8, 4) is 0 Å². The molecule has 1 atom stereocenters. The molecule has 5 nitrogen and oxygen atoms in total. The summed E-state index contributed by atoms with van der Waals surface area (Å²) in [5.74, 6) is 2.23. The minimum absolute atomic E-state index is 0.193. The van der Waals surface area contributed by atoms with Crippen LogP contribution in [0.3, 0.4) is 0 Å². The fourth-order valence-electron chi connectivity index (χ4n) is 2.95. The highest BCUT2D eigenvalue weighted by Gasteiger charge is 2.23. The molecule has 6 heteroatoms. The van der Waals surface area contributed by atoms with Crippen LogP contribution in [0.1, 0.15) is 25.6 Å². The monoisotopic (exact) mass is 306 g/mol. The van der Waals surface area contributed by atoms with Gasteiger partial charge in [-0.3, -0.25) is 4.90 Å². The first-order valence-electron chi connectivity index (χ1n) is 7.49. The largest absolute Gasteiger partial charge is 0.393 e. The standard InChI is InChI=1S/C15H22N4OS/c1-10(20)11-3-6-19(7-4-11)9-13-17-14(16-2)12-5-8-21-15(12)18-13/h5,8,10-11,20H,3-4,6-7,9H2,1-2H3,(H,16,17,18). The van der Waals surface area contributed by atoms with E-state index in [0.717, 1.165) is 54.3 Å². The van der Waals surface area contributed by atoms with Crippen molar-refractivity contribution >= 4 is 27.4 Å². The van der Waals surface area contributed by atoms with Gasteiger partial charge in [-0.05, 0) is 50.2 Å². The Morgan fingerprint density at radius 2 is 2.19 bits per heavy atom. The molecular formula is C15H22N4OS. The number of rotatable bonds is 4. The van der Waals surface area contributed by atoms with Crippen molar-refractivity contribution in [1.82, 2.24) is 14.9 Å². The SMILES string of the molecule is CNc1nc(CN2CCC(C(C)O)CC2)nc2sccc12. The van der Waals surface area contributed by atoms with Gasteiger partial charge >= 0.3 is 0 Å². The van der Waals surface area contributed by atoms with Gasteiger partial charge in [0.15, 0.2) is 0 Å². The van der Waals surface area contributed by atoms with Crippen molar-refractivity contribution in [3.63, 3.8) is 0 Å². The normalized spacial score (nSPS) is 19.0. The lowest BCUT2D eigenvalue weighted by atomic mass is 9.92. The zero-order chi connectivity index (χ0) is 14.8. The second kappa shape index (κ2) is 6.25. The summed E-state index contributed by atoms with van der Waals surface area (Å²) in [5, 5.41) is 16.0. The van der Waals surface area contributed by atoms with Crippen LogP contribution in [0.5, 0.6) is 0 Å². The molecule has 0 bridgehead atoms. The molecule has 114 valence electrons. The summed E-state index contributed by atoms with van der Waals surface area (Å²) >= 11 is 1.65. The lowest BCUT2D eigenvalue weighted by Gasteiger charge is -2.32. The Hall–Kier alpha value is -1.24. The number of nitrogens with zero attached hydrogens (tertiary/aromatic N) is 3. The summed E-state index contributed by atoms with van der Waals surface area (Å²) in [5.41, 5.74) is 0. The molecule has 3 heterocycles. The highest BCUT2D eigenvalue weighted by molar-refractivity contribution is 7.16. The second-order valence-corrected chi connectivity index (χ2v) is 6.63. The predicted molar refractivity (Wildman–Crippen MR) is 86.6 cm³/mol. The average Bonchev–Trinajstić information content (AvgIpc) is 2.95. The van der Waals surface area contributed by atoms with Crippen LogP contribution in [0.25, 0.3) is 10.2 Å². The van der Waals surface area contributed by atoms with Crippen LogP contribution in [0.15, 0.2) is 11.4 Å². The Labute approximate surface area is 129 Å². The first kappa shape index (κ1) is 14.7. The van der Waals surface area contributed by atoms with E-state index in [-0.39, 0.29) is 6.10 Å². The van der Waals surface area contributed by atoms with Crippen molar-refractivity contribution in [2.45, 2.75) is 32.4 Å². The average molecular weight is 306 g/mol. The Morgan fingerprint density at radius 1 is 1.43 bits per heavy atom. The molecule has 0 aromatic carbocycles. The van der Waals surface area contributed by atoms with E-state index < -0.39 is 0 Å². The molecule has 1 saturated heterocycles. The molecule has 2 aromatic heterocycles. The van der Waals surface area contributed by atoms with Gasteiger partial charge in [0.2, 0.25) is 0 Å². The molecule has 1 aliphatic rings. The number of aliphatic hydroxyl groups is 1. The summed E-state index contributed by atoms with van der Waals surface area (Å²) < 4.78 is 0. The van der Waals surface area contributed by atoms with E-state index in [1.807, 2.05) is 14.0 Å². The van der Waals surface area contributed by atoms with Crippen LogP contribution in [0, 0.1) is 5.92 Å². The van der Waals surface area contributed by atoms with Gasteiger partial charge < -0.3 is 10.4 Å². The van der Waals surface area contributed by atoms with Crippen molar-refractivity contribution in [3.05, 3.63) is 17.3 Å². The van der Waals surface area contributed by atoms with Crippen molar-refractivity contribution in [1.29, 1.82) is 0 Å². The molecule has 0 radical (unpaired) electrons. The van der Waals surface area contributed by atoms with Crippen molar-refractivity contribution in [2.24, 2.45) is 5.92 Å². The lowest BCUT2D eigenvalue weighted by Crippen LogP contribution is -2.37. The number of nitrogens with one attached hydrogen (secondary N) is 1. The molecule has 1 fully saturated rings. The highest BCUT2D eigenvalue weighted by atomic mass is 32.1. The van der Waals surface area contributed by atoms with E-state index >= 15 is 0 Å². The topological polar surface area (TPSA) is 61.3 Å². The molecule has 2 N–H and O–H groups in total. The van der Waals surface area contributed by atoms with E-state index in [9.17, 15) is 5.11 Å². The lowest BCUT2D eigenvalue weighted by molar-refractivity contribution is 0.0687. The maximum absolute atomic E-state index is 9.67. The van der Waals surface area contributed by atoms with Gasteiger partial charge in [0, 0.05) is 7.05 Å². The fraction of sp³-hybridized carbons (Fsp3) is 0.600. The summed E-state index contributed by atoms with van der Waals surface area (Å²) in [6, 6.07) is 2.06. The van der Waals surface area contributed by atoms with Crippen molar-refractivity contribution < 1.29 is 5.11 Å². The van der Waals surface area contributed by atoms with E-state index in [0.29, 0.717) is 5.92 Å². The zero-order valence-electron chi connectivity index (χ0n) is 12.5. The quantitative estimate of drug-likeness (QED) is 0.908. The molecule has 0 aliphatic carbocycles. The minimum atomic E-state index is -0.193. The number of aliphatic hydroxyl groups excluding tert-OH is 1. The first-order valence-corrected chi connectivity index (χ1v) is 8.37. The number of fused-ring (bicyclic) bond motifs is 1. The first-order chi connectivity index (χ1) is 10.2. The molecule has 21 heavy (non-hydrogen) atoms. The summed E-state index contributed by atoms with van der Waals surface area (Å²) in [7, 11) is 1.90. The van der Waals surface area contributed by atoms with Gasteiger partial charge in [-0.2, -0.15) is 0 Å². The fourth-order valence-corrected chi connectivity index (χ4v) is 3.74. The van der Waals surface area contributed by atoms with E-state index in [2.05, 4.69) is 31.6 Å². The van der Waals surface area contributed by atoms with Crippen LogP contribution in [0.2, 0.25) is 0 Å². The molecule has 1 aliphatic heterocycles. The Bertz CT molecular complexity index is 605. The number of anilines is 1. The number of aromatic nitrogens is 2. The van der Waals surface area contributed by atoms with Gasteiger partial charge in [-0.25, -0.2) is 9.97 Å². The molecule has 2 aromatic rings. The van der Waals surface area contributed by atoms with Gasteiger partial charge in [-0.1, -0.05) is 0 Å². The molecular weight excluding hydrogens is 284 g/mol. The third-order valence-corrected chi connectivity index (χ3v) is 5.09. The minimum Gasteiger partial charge on any atom is -0.393 e. The Kier molecular flexibility index (Phi) is 4.37. The van der Waals surface area contributed by atoms with Crippen LogP contribution in [-0.4, -0.2) is 46.2 Å². The summed E-state index contributed by atoms with van der Waals surface area (Å²) in [4.78, 5) is 12.7. The molecule has 0 spiro atoms. The Balaban J connectivity index is 1.71.